The highest BCUT2D eigenvalue weighted by molar-refractivity contribution is 5.78. The van der Waals surface area contributed by atoms with E-state index < -0.39 is 11.9 Å². The first-order valence-corrected chi connectivity index (χ1v) is 7.08. The van der Waals surface area contributed by atoms with Crippen molar-refractivity contribution in [3.05, 3.63) is 25.3 Å². The zero-order valence-electron chi connectivity index (χ0n) is 11.6. The van der Waals surface area contributed by atoms with E-state index in [4.69, 9.17) is 0 Å². The third-order valence-corrected chi connectivity index (χ3v) is 4.48. The second kappa shape index (κ2) is 6.11. The van der Waals surface area contributed by atoms with E-state index >= 15 is 0 Å². The summed E-state index contributed by atoms with van der Waals surface area (Å²) in [6, 6.07) is -0.468. The number of carbonyl (C=O) groups is 2. The third kappa shape index (κ3) is 2.71. The van der Waals surface area contributed by atoms with E-state index in [0.29, 0.717) is 19.0 Å². The van der Waals surface area contributed by atoms with Crippen molar-refractivity contribution in [2.24, 2.45) is 17.8 Å². The maximum Gasteiger partial charge on any atom is 0.318 e. The van der Waals surface area contributed by atoms with E-state index in [9.17, 15) is 14.7 Å². The molecule has 2 saturated carbocycles. The molecule has 4 atom stereocenters. The molecule has 2 aliphatic rings. The van der Waals surface area contributed by atoms with E-state index in [1.54, 1.807) is 17.1 Å². The van der Waals surface area contributed by atoms with Crippen LogP contribution < -0.4 is 5.32 Å². The average molecular weight is 278 g/mol. The molecule has 0 spiro atoms. The lowest BCUT2D eigenvalue weighted by molar-refractivity contribution is -0.144. The van der Waals surface area contributed by atoms with Crippen molar-refractivity contribution in [3.63, 3.8) is 0 Å². The Hall–Kier alpha value is -1.78. The van der Waals surface area contributed by atoms with Crippen LogP contribution in [0.3, 0.4) is 0 Å². The Morgan fingerprint density at radius 3 is 2.35 bits per heavy atom. The molecule has 0 aliphatic heterocycles. The molecule has 0 saturated heterocycles. The number of hydrogen-bond donors (Lipinski definition) is 2. The van der Waals surface area contributed by atoms with Gasteiger partial charge in [-0.2, -0.15) is 0 Å². The number of carboxylic acid groups (broad SMARTS) is 1. The third-order valence-electron chi connectivity index (χ3n) is 4.48. The van der Waals surface area contributed by atoms with Gasteiger partial charge in [0, 0.05) is 19.1 Å². The van der Waals surface area contributed by atoms with E-state index in [1.165, 1.54) is 0 Å². The highest BCUT2D eigenvalue weighted by Gasteiger charge is 2.51. The topological polar surface area (TPSA) is 69.6 Å². The fourth-order valence-corrected chi connectivity index (χ4v) is 3.64. The molecule has 0 aromatic rings. The smallest absolute Gasteiger partial charge is 0.318 e. The normalized spacial score (nSPS) is 30.8. The van der Waals surface area contributed by atoms with Gasteiger partial charge < -0.3 is 15.3 Å². The van der Waals surface area contributed by atoms with Gasteiger partial charge in [0.05, 0.1) is 5.92 Å². The van der Waals surface area contributed by atoms with Crippen LogP contribution in [0.5, 0.6) is 0 Å². The fraction of sp³-hybridized carbons (Fsp3) is 0.600. The standard InChI is InChI=1S/C15H22N2O3/c1-3-7-17(8-4-2)15(20)16-13-11-6-5-10(9-11)12(13)14(18)19/h3-4,10-13H,1-2,5-9H2,(H,16,20)(H,18,19). The number of nitrogens with one attached hydrogen (secondary N) is 1. The van der Waals surface area contributed by atoms with E-state index in [-0.39, 0.29) is 18.0 Å². The van der Waals surface area contributed by atoms with Crippen LogP contribution in [-0.4, -0.2) is 41.1 Å². The highest BCUT2D eigenvalue weighted by Crippen LogP contribution is 2.48. The second-order valence-electron chi connectivity index (χ2n) is 5.65. The van der Waals surface area contributed by atoms with Crippen molar-refractivity contribution in [3.8, 4) is 0 Å². The van der Waals surface area contributed by atoms with Crippen molar-refractivity contribution in [2.45, 2.75) is 25.3 Å². The van der Waals surface area contributed by atoms with Gasteiger partial charge in [-0.1, -0.05) is 12.2 Å². The summed E-state index contributed by atoms with van der Waals surface area (Å²) < 4.78 is 0. The van der Waals surface area contributed by atoms with Crippen LogP contribution in [0.15, 0.2) is 25.3 Å². The zero-order valence-corrected chi connectivity index (χ0v) is 11.6. The van der Waals surface area contributed by atoms with Gasteiger partial charge in [0.1, 0.15) is 0 Å². The molecule has 0 aromatic carbocycles. The van der Waals surface area contributed by atoms with Crippen molar-refractivity contribution in [2.75, 3.05) is 13.1 Å². The van der Waals surface area contributed by atoms with E-state index in [0.717, 1.165) is 19.3 Å². The maximum atomic E-state index is 12.2. The second-order valence-corrected chi connectivity index (χ2v) is 5.65. The Labute approximate surface area is 119 Å². The molecule has 0 radical (unpaired) electrons. The largest absolute Gasteiger partial charge is 0.481 e. The molecule has 0 aromatic heterocycles. The SMILES string of the molecule is C=CCN(CC=C)C(=O)NC1C2CCC(C2)C1C(=O)O. The minimum absolute atomic E-state index is 0.218. The lowest BCUT2D eigenvalue weighted by Crippen LogP contribution is -2.51. The molecule has 2 bridgehead atoms. The molecule has 2 fully saturated rings. The lowest BCUT2D eigenvalue weighted by atomic mass is 9.84. The van der Waals surface area contributed by atoms with Crippen LogP contribution >= 0.6 is 0 Å². The minimum atomic E-state index is -0.790. The number of carbonyl (C=O) groups excluding carboxylic acids is 1. The van der Waals surface area contributed by atoms with Crippen LogP contribution in [0.1, 0.15) is 19.3 Å². The monoisotopic (exact) mass is 278 g/mol. The van der Waals surface area contributed by atoms with Gasteiger partial charge in [-0.05, 0) is 31.1 Å². The molecule has 110 valence electrons. The van der Waals surface area contributed by atoms with Gasteiger partial charge in [-0.15, -0.1) is 13.2 Å². The van der Waals surface area contributed by atoms with Crippen LogP contribution in [0.4, 0.5) is 4.79 Å². The number of carboxylic acids is 1. The van der Waals surface area contributed by atoms with E-state index in [2.05, 4.69) is 18.5 Å². The number of hydrogen-bond acceptors (Lipinski definition) is 2. The number of aliphatic carboxylic acids is 1. The quantitative estimate of drug-likeness (QED) is 0.729. The summed E-state index contributed by atoms with van der Waals surface area (Å²) in [4.78, 5) is 25.2. The summed E-state index contributed by atoms with van der Waals surface area (Å²) >= 11 is 0. The van der Waals surface area contributed by atoms with Gasteiger partial charge >= 0.3 is 12.0 Å². The summed E-state index contributed by atoms with van der Waals surface area (Å²) in [6.07, 6.45) is 6.21. The van der Waals surface area contributed by atoms with Gasteiger partial charge in [-0.3, -0.25) is 4.79 Å². The number of fused-ring (bicyclic) bond motifs is 2. The van der Waals surface area contributed by atoms with Gasteiger partial charge in [0.25, 0.3) is 0 Å². The summed E-state index contributed by atoms with van der Waals surface area (Å²) in [7, 11) is 0. The Kier molecular flexibility index (Phi) is 4.47. The summed E-state index contributed by atoms with van der Waals surface area (Å²) in [6.45, 7) is 8.11. The van der Waals surface area contributed by atoms with Crippen molar-refractivity contribution in [1.82, 2.24) is 10.2 Å². The van der Waals surface area contributed by atoms with Crippen LogP contribution in [0, 0.1) is 17.8 Å². The summed E-state index contributed by atoms with van der Waals surface area (Å²) in [5.74, 6) is -0.706. The molecule has 5 heteroatoms. The first-order chi connectivity index (χ1) is 9.58. The van der Waals surface area contributed by atoms with Crippen molar-refractivity contribution in [1.29, 1.82) is 0 Å². The van der Waals surface area contributed by atoms with E-state index in [1.807, 2.05) is 0 Å². The molecular formula is C15H22N2O3. The Morgan fingerprint density at radius 1 is 1.20 bits per heavy atom. The van der Waals surface area contributed by atoms with Crippen LogP contribution in [0.25, 0.3) is 0 Å². The summed E-state index contributed by atoms with van der Waals surface area (Å²) in [5, 5.41) is 12.3. The molecule has 2 rings (SSSR count). The van der Waals surface area contributed by atoms with Crippen LogP contribution in [-0.2, 0) is 4.79 Å². The van der Waals surface area contributed by atoms with Gasteiger partial charge in [0.15, 0.2) is 0 Å². The molecular weight excluding hydrogens is 256 g/mol. The van der Waals surface area contributed by atoms with Crippen molar-refractivity contribution >= 4 is 12.0 Å². The van der Waals surface area contributed by atoms with Crippen LogP contribution in [0.2, 0.25) is 0 Å². The zero-order chi connectivity index (χ0) is 14.7. The fourth-order valence-electron chi connectivity index (χ4n) is 3.64. The predicted molar refractivity (Wildman–Crippen MR) is 76.2 cm³/mol. The lowest BCUT2D eigenvalue weighted by Gasteiger charge is -2.31. The molecule has 2 amide bonds. The first kappa shape index (κ1) is 14.6. The Morgan fingerprint density at radius 2 is 1.80 bits per heavy atom. The Balaban J connectivity index is 2.03. The summed E-state index contributed by atoms with van der Waals surface area (Å²) in [5.41, 5.74) is 0. The number of nitrogens with zero attached hydrogens (tertiary/aromatic N) is 1. The number of urea groups is 1. The first-order valence-electron chi connectivity index (χ1n) is 7.08. The number of rotatable bonds is 6. The molecule has 20 heavy (non-hydrogen) atoms. The molecule has 0 heterocycles. The van der Waals surface area contributed by atoms with Gasteiger partial charge in [0.2, 0.25) is 0 Å². The highest BCUT2D eigenvalue weighted by atomic mass is 16.4. The molecule has 2 N–H and O–H groups in total. The molecule has 5 nitrogen and oxygen atoms in total. The maximum absolute atomic E-state index is 12.2. The average Bonchev–Trinajstić information content (AvgIpc) is 2.98. The molecule has 4 unspecified atom stereocenters. The predicted octanol–water partition coefficient (Wildman–Crippen LogP) is 1.87. The van der Waals surface area contributed by atoms with Gasteiger partial charge in [-0.25, -0.2) is 4.79 Å². The van der Waals surface area contributed by atoms with Crippen molar-refractivity contribution < 1.29 is 14.7 Å². The minimum Gasteiger partial charge on any atom is -0.481 e. The Bertz CT molecular complexity index is 411. The number of amides is 2. The molecule has 2 aliphatic carbocycles.